The molecule has 0 aromatic carbocycles. The summed E-state index contributed by atoms with van der Waals surface area (Å²) in [7, 11) is 0. The Morgan fingerprint density at radius 3 is 2.82 bits per heavy atom. The summed E-state index contributed by atoms with van der Waals surface area (Å²) in [4.78, 5) is 4.08. The van der Waals surface area contributed by atoms with Gasteiger partial charge in [-0.3, -0.25) is 0 Å². The van der Waals surface area contributed by atoms with Gasteiger partial charge >= 0.3 is 0 Å². The first-order valence-electron chi connectivity index (χ1n) is 4.00. The van der Waals surface area contributed by atoms with E-state index >= 15 is 0 Å². The van der Waals surface area contributed by atoms with Crippen molar-refractivity contribution >= 4 is 5.82 Å². The Balaban J connectivity index is 2.48. The molecule has 2 rings (SSSR count). The summed E-state index contributed by atoms with van der Waals surface area (Å²) >= 11 is 0. The van der Waals surface area contributed by atoms with Crippen molar-refractivity contribution in [1.82, 2.24) is 4.98 Å². The number of aromatic nitrogens is 1. The molecule has 1 aromatic heterocycles. The Labute approximate surface area is 66.4 Å². The van der Waals surface area contributed by atoms with Gasteiger partial charge in [0.1, 0.15) is 5.82 Å². The van der Waals surface area contributed by atoms with E-state index in [2.05, 4.69) is 11.9 Å². The van der Waals surface area contributed by atoms with Crippen molar-refractivity contribution in [2.24, 2.45) is 0 Å². The lowest BCUT2D eigenvalue weighted by molar-refractivity contribution is 1.07. The van der Waals surface area contributed by atoms with Crippen molar-refractivity contribution in [3.63, 3.8) is 0 Å². The predicted molar refractivity (Wildman–Crippen MR) is 45.4 cm³/mol. The van der Waals surface area contributed by atoms with Crippen LogP contribution in [0.25, 0.3) is 0 Å². The molecule has 0 bridgehead atoms. The highest BCUT2D eigenvalue weighted by atomic mass is 14.8. The van der Waals surface area contributed by atoms with E-state index in [1.165, 1.54) is 24.0 Å². The second-order valence-electron chi connectivity index (χ2n) is 3.20. The van der Waals surface area contributed by atoms with Crippen LogP contribution in [-0.4, -0.2) is 4.98 Å². The zero-order valence-electron chi connectivity index (χ0n) is 6.67. The van der Waals surface area contributed by atoms with E-state index < -0.39 is 0 Å². The largest absolute Gasteiger partial charge is 0.383 e. The van der Waals surface area contributed by atoms with E-state index in [-0.39, 0.29) is 0 Å². The lowest BCUT2D eigenvalue weighted by Crippen LogP contribution is -1.97. The molecule has 1 aromatic rings. The number of hydrogen-bond acceptors (Lipinski definition) is 2. The summed E-state index contributed by atoms with van der Waals surface area (Å²) in [5, 5.41) is 0. The summed E-state index contributed by atoms with van der Waals surface area (Å²) in [6, 6.07) is 2.03. The van der Waals surface area contributed by atoms with Crippen LogP contribution in [0.2, 0.25) is 0 Å². The summed E-state index contributed by atoms with van der Waals surface area (Å²) in [6.07, 6.45) is 4.35. The molecule has 58 valence electrons. The van der Waals surface area contributed by atoms with Crippen LogP contribution in [0.15, 0.2) is 12.3 Å². The summed E-state index contributed by atoms with van der Waals surface area (Å²) in [5.41, 5.74) is 8.33. The van der Waals surface area contributed by atoms with Gasteiger partial charge in [-0.25, -0.2) is 4.98 Å². The zero-order valence-corrected chi connectivity index (χ0v) is 6.67. The van der Waals surface area contributed by atoms with Crippen molar-refractivity contribution in [2.75, 3.05) is 5.73 Å². The molecule has 0 aliphatic heterocycles. The molecule has 1 saturated carbocycles. The highest BCUT2D eigenvalue weighted by Gasteiger charge is 2.27. The van der Waals surface area contributed by atoms with E-state index in [0.717, 1.165) is 5.82 Å². The number of nitrogens with zero attached hydrogens (tertiary/aromatic N) is 1. The first kappa shape index (κ1) is 6.65. The minimum absolute atomic E-state index is 0.712. The molecule has 11 heavy (non-hydrogen) atoms. The number of anilines is 1. The Kier molecular flexibility index (Phi) is 1.34. The smallest absolute Gasteiger partial charge is 0.127 e. The van der Waals surface area contributed by atoms with Gasteiger partial charge in [0.05, 0.1) is 0 Å². The van der Waals surface area contributed by atoms with Crippen LogP contribution in [0.1, 0.15) is 29.9 Å². The SMILES string of the molecule is Cc1ccnc(N)c1C1CC1. The van der Waals surface area contributed by atoms with Gasteiger partial charge < -0.3 is 5.73 Å². The number of aryl methyl sites for hydroxylation is 1. The molecule has 0 amide bonds. The highest BCUT2D eigenvalue weighted by molar-refractivity contribution is 5.48. The van der Waals surface area contributed by atoms with Gasteiger partial charge in [0.2, 0.25) is 0 Å². The molecule has 1 aliphatic carbocycles. The first-order chi connectivity index (χ1) is 5.29. The molecule has 1 fully saturated rings. The molecule has 2 N–H and O–H groups in total. The monoisotopic (exact) mass is 148 g/mol. The Hall–Kier alpha value is -1.05. The second-order valence-corrected chi connectivity index (χ2v) is 3.20. The summed E-state index contributed by atoms with van der Waals surface area (Å²) in [5.74, 6) is 1.44. The van der Waals surface area contributed by atoms with Gasteiger partial charge in [0, 0.05) is 11.8 Å². The molecule has 0 atom stereocenters. The van der Waals surface area contributed by atoms with Crippen LogP contribution in [0.5, 0.6) is 0 Å². The van der Waals surface area contributed by atoms with Crippen molar-refractivity contribution in [1.29, 1.82) is 0 Å². The molecular weight excluding hydrogens is 136 g/mol. The fraction of sp³-hybridized carbons (Fsp3) is 0.444. The van der Waals surface area contributed by atoms with E-state index in [1.807, 2.05) is 6.07 Å². The first-order valence-corrected chi connectivity index (χ1v) is 4.00. The topological polar surface area (TPSA) is 38.9 Å². The Bertz CT molecular complexity index is 257. The van der Waals surface area contributed by atoms with Crippen LogP contribution < -0.4 is 5.73 Å². The van der Waals surface area contributed by atoms with Gasteiger partial charge in [0.25, 0.3) is 0 Å². The maximum absolute atomic E-state index is 5.75. The molecule has 0 unspecified atom stereocenters. The van der Waals surface area contributed by atoms with Crippen molar-refractivity contribution in [3.8, 4) is 0 Å². The van der Waals surface area contributed by atoms with Crippen molar-refractivity contribution in [2.45, 2.75) is 25.7 Å². The highest BCUT2D eigenvalue weighted by Crippen LogP contribution is 2.43. The zero-order chi connectivity index (χ0) is 7.84. The lowest BCUT2D eigenvalue weighted by Gasteiger charge is -2.05. The van der Waals surface area contributed by atoms with Crippen LogP contribution in [0, 0.1) is 6.92 Å². The van der Waals surface area contributed by atoms with Gasteiger partial charge in [-0.15, -0.1) is 0 Å². The van der Waals surface area contributed by atoms with Gasteiger partial charge in [0.15, 0.2) is 0 Å². The quantitative estimate of drug-likeness (QED) is 0.660. The van der Waals surface area contributed by atoms with E-state index in [9.17, 15) is 0 Å². The van der Waals surface area contributed by atoms with Crippen molar-refractivity contribution < 1.29 is 0 Å². The van der Waals surface area contributed by atoms with Crippen molar-refractivity contribution in [3.05, 3.63) is 23.4 Å². The molecule has 0 saturated heterocycles. The normalized spacial score (nSPS) is 16.8. The van der Waals surface area contributed by atoms with E-state index in [4.69, 9.17) is 5.73 Å². The predicted octanol–water partition coefficient (Wildman–Crippen LogP) is 1.85. The Morgan fingerprint density at radius 2 is 2.27 bits per heavy atom. The van der Waals surface area contributed by atoms with Gasteiger partial charge in [-0.05, 0) is 37.3 Å². The van der Waals surface area contributed by atoms with E-state index in [1.54, 1.807) is 6.20 Å². The summed E-state index contributed by atoms with van der Waals surface area (Å²) < 4.78 is 0. The maximum Gasteiger partial charge on any atom is 0.127 e. The van der Waals surface area contributed by atoms with Gasteiger partial charge in [-0.2, -0.15) is 0 Å². The number of nitrogen functional groups attached to an aromatic ring is 1. The number of rotatable bonds is 1. The lowest BCUT2D eigenvalue weighted by atomic mass is 10.1. The third-order valence-electron chi connectivity index (χ3n) is 2.22. The molecule has 2 heteroatoms. The average molecular weight is 148 g/mol. The third kappa shape index (κ3) is 1.09. The van der Waals surface area contributed by atoms with Gasteiger partial charge in [-0.1, -0.05) is 0 Å². The Morgan fingerprint density at radius 1 is 1.55 bits per heavy atom. The minimum Gasteiger partial charge on any atom is -0.383 e. The van der Waals surface area contributed by atoms with Crippen LogP contribution >= 0.6 is 0 Å². The molecule has 1 heterocycles. The van der Waals surface area contributed by atoms with Crippen LogP contribution in [0.3, 0.4) is 0 Å². The van der Waals surface area contributed by atoms with Crippen LogP contribution in [0.4, 0.5) is 5.82 Å². The standard InChI is InChI=1S/C9H12N2/c1-6-4-5-11-9(10)8(6)7-2-3-7/h4-5,7H,2-3H2,1H3,(H2,10,11). The third-order valence-corrected chi connectivity index (χ3v) is 2.22. The molecule has 0 radical (unpaired) electrons. The molecular formula is C9H12N2. The second kappa shape index (κ2) is 2.22. The number of hydrogen-bond donors (Lipinski definition) is 1. The molecule has 2 nitrogen and oxygen atoms in total. The number of nitrogens with two attached hydrogens (primary N) is 1. The average Bonchev–Trinajstić information content (AvgIpc) is 2.70. The minimum atomic E-state index is 0.712. The molecule has 1 aliphatic rings. The van der Waals surface area contributed by atoms with E-state index in [0.29, 0.717) is 5.92 Å². The summed E-state index contributed by atoms with van der Waals surface area (Å²) in [6.45, 7) is 2.10. The fourth-order valence-electron chi connectivity index (χ4n) is 1.49. The number of pyridine rings is 1. The maximum atomic E-state index is 5.75. The molecule has 0 spiro atoms. The fourth-order valence-corrected chi connectivity index (χ4v) is 1.49. The van der Waals surface area contributed by atoms with Crippen LogP contribution in [-0.2, 0) is 0 Å².